The molecule has 0 aliphatic rings. The van der Waals surface area contributed by atoms with Crippen molar-refractivity contribution in [2.75, 3.05) is 0 Å². The van der Waals surface area contributed by atoms with E-state index in [1.165, 1.54) is 6.07 Å². The van der Waals surface area contributed by atoms with E-state index >= 15 is 0 Å². The number of hydrogen-bond donors (Lipinski definition) is 2. The number of pyridine rings is 1. The third-order valence-electron chi connectivity index (χ3n) is 5.30. The van der Waals surface area contributed by atoms with Crippen molar-refractivity contribution in [3.05, 3.63) is 101 Å². The topological polar surface area (TPSA) is 76.2 Å². The summed E-state index contributed by atoms with van der Waals surface area (Å²) >= 11 is 0. The van der Waals surface area contributed by atoms with Crippen molar-refractivity contribution < 1.29 is 14.3 Å². The van der Waals surface area contributed by atoms with Crippen LogP contribution in [-0.2, 0) is 6.42 Å². The van der Waals surface area contributed by atoms with Gasteiger partial charge in [-0.05, 0) is 53.8 Å². The predicted octanol–water partition coefficient (Wildman–Crippen LogP) is 5.29. The molecule has 0 spiro atoms. The van der Waals surface area contributed by atoms with E-state index in [9.17, 15) is 14.3 Å². The number of fused-ring (bicyclic) bond motifs is 1. The molecular weight excluding hydrogens is 379 g/mol. The van der Waals surface area contributed by atoms with E-state index in [4.69, 9.17) is 5.73 Å². The third-order valence-corrected chi connectivity index (χ3v) is 5.30. The Morgan fingerprint density at radius 3 is 2.57 bits per heavy atom. The lowest BCUT2D eigenvalue weighted by atomic mass is 9.95. The SMILES string of the molecule is Cc1cnc2ccc(CC(N)c3ccc(-c4ccccc4)c(F)c3)cc2c1C(=O)O. The molecular formula is C25H21FN2O2. The zero-order chi connectivity index (χ0) is 21.3. The molecule has 4 nitrogen and oxygen atoms in total. The minimum absolute atomic E-state index is 0.244. The van der Waals surface area contributed by atoms with Crippen LogP contribution in [0.15, 0.2) is 72.9 Å². The van der Waals surface area contributed by atoms with Gasteiger partial charge in [-0.25, -0.2) is 9.18 Å². The lowest BCUT2D eigenvalue weighted by Crippen LogP contribution is -2.14. The molecule has 3 N–H and O–H groups in total. The zero-order valence-electron chi connectivity index (χ0n) is 16.5. The van der Waals surface area contributed by atoms with Gasteiger partial charge in [-0.2, -0.15) is 0 Å². The molecule has 1 aromatic heterocycles. The molecule has 0 saturated carbocycles. The van der Waals surface area contributed by atoms with Crippen LogP contribution >= 0.6 is 0 Å². The minimum atomic E-state index is -0.986. The number of aromatic carboxylic acids is 1. The Labute approximate surface area is 173 Å². The monoisotopic (exact) mass is 400 g/mol. The van der Waals surface area contributed by atoms with Crippen molar-refractivity contribution in [3.63, 3.8) is 0 Å². The molecule has 4 rings (SSSR count). The summed E-state index contributed by atoms with van der Waals surface area (Å²) in [6.45, 7) is 1.73. The maximum atomic E-state index is 14.7. The molecule has 4 aromatic rings. The molecule has 0 aliphatic heterocycles. The van der Waals surface area contributed by atoms with Gasteiger partial charge in [0.1, 0.15) is 5.82 Å². The van der Waals surface area contributed by atoms with Crippen molar-refractivity contribution >= 4 is 16.9 Å². The Hall–Kier alpha value is -3.57. The van der Waals surface area contributed by atoms with Gasteiger partial charge < -0.3 is 10.8 Å². The van der Waals surface area contributed by atoms with Crippen molar-refractivity contribution in [1.29, 1.82) is 0 Å². The van der Waals surface area contributed by atoms with Crippen LogP contribution in [0, 0.1) is 12.7 Å². The fourth-order valence-corrected chi connectivity index (χ4v) is 3.74. The molecule has 1 heterocycles. The fourth-order valence-electron chi connectivity index (χ4n) is 3.74. The van der Waals surface area contributed by atoms with Crippen LogP contribution in [0.4, 0.5) is 4.39 Å². The van der Waals surface area contributed by atoms with E-state index < -0.39 is 12.0 Å². The average Bonchev–Trinajstić information content (AvgIpc) is 2.73. The van der Waals surface area contributed by atoms with Crippen LogP contribution in [0.1, 0.15) is 33.1 Å². The van der Waals surface area contributed by atoms with E-state index in [1.54, 1.807) is 25.3 Å². The quantitative estimate of drug-likeness (QED) is 0.477. The molecule has 5 heteroatoms. The smallest absolute Gasteiger partial charge is 0.336 e. The normalized spacial score (nSPS) is 12.1. The molecule has 0 amide bonds. The minimum Gasteiger partial charge on any atom is -0.478 e. The van der Waals surface area contributed by atoms with Gasteiger partial charge in [0.25, 0.3) is 0 Å². The van der Waals surface area contributed by atoms with Gasteiger partial charge in [-0.15, -0.1) is 0 Å². The molecule has 0 saturated heterocycles. The number of halogens is 1. The van der Waals surface area contributed by atoms with Crippen LogP contribution in [0.2, 0.25) is 0 Å². The number of nitrogens with two attached hydrogens (primary N) is 1. The third kappa shape index (κ3) is 3.80. The van der Waals surface area contributed by atoms with E-state index in [1.807, 2.05) is 48.5 Å². The van der Waals surface area contributed by atoms with Crippen LogP contribution < -0.4 is 5.73 Å². The molecule has 1 unspecified atom stereocenters. The second-order valence-electron chi connectivity index (χ2n) is 7.39. The van der Waals surface area contributed by atoms with Gasteiger partial charge in [-0.3, -0.25) is 4.98 Å². The summed E-state index contributed by atoms with van der Waals surface area (Å²) < 4.78 is 14.7. The summed E-state index contributed by atoms with van der Waals surface area (Å²) in [5.74, 6) is -1.31. The number of nitrogens with zero attached hydrogens (tertiary/aromatic N) is 1. The molecule has 0 aliphatic carbocycles. The summed E-state index contributed by atoms with van der Waals surface area (Å²) in [7, 11) is 0. The number of hydrogen-bond acceptors (Lipinski definition) is 3. The summed E-state index contributed by atoms with van der Waals surface area (Å²) in [6.07, 6.45) is 2.02. The summed E-state index contributed by atoms with van der Waals surface area (Å²) in [6, 6.07) is 19.5. The lowest BCUT2D eigenvalue weighted by molar-refractivity contribution is 0.0698. The number of carboxylic acids is 1. The van der Waals surface area contributed by atoms with Crippen molar-refractivity contribution in [3.8, 4) is 11.1 Å². The van der Waals surface area contributed by atoms with Crippen LogP contribution in [0.25, 0.3) is 22.0 Å². The van der Waals surface area contributed by atoms with E-state index in [0.717, 1.165) is 11.1 Å². The molecule has 3 aromatic carbocycles. The number of carbonyl (C=O) groups is 1. The Balaban J connectivity index is 1.63. The highest BCUT2D eigenvalue weighted by Crippen LogP contribution is 2.27. The predicted molar refractivity (Wildman–Crippen MR) is 116 cm³/mol. The van der Waals surface area contributed by atoms with Gasteiger partial charge in [0.15, 0.2) is 0 Å². The first-order valence-corrected chi connectivity index (χ1v) is 9.66. The van der Waals surface area contributed by atoms with Crippen LogP contribution in [-0.4, -0.2) is 16.1 Å². The first-order valence-electron chi connectivity index (χ1n) is 9.66. The highest BCUT2D eigenvalue weighted by molar-refractivity contribution is 6.03. The van der Waals surface area contributed by atoms with Gasteiger partial charge in [0, 0.05) is 23.2 Å². The number of aromatic nitrogens is 1. The van der Waals surface area contributed by atoms with E-state index in [0.29, 0.717) is 34.0 Å². The van der Waals surface area contributed by atoms with E-state index in [-0.39, 0.29) is 11.4 Å². The highest BCUT2D eigenvalue weighted by Gasteiger charge is 2.15. The maximum absolute atomic E-state index is 14.7. The largest absolute Gasteiger partial charge is 0.478 e. The number of carboxylic acid groups (broad SMARTS) is 1. The molecule has 0 bridgehead atoms. The molecule has 0 radical (unpaired) electrons. The van der Waals surface area contributed by atoms with Gasteiger partial charge in [-0.1, -0.05) is 48.5 Å². The van der Waals surface area contributed by atoms with Crippen LogP contribution in [0.3, 0.4) is 0 Å². The maximum Gasteiger partial charge on any atom is 0.336 e. The standard InChI is InChI=1S/C25H21FN2O2/c1-15-14-28-23-10-7-16(11-20(23)24(15)25(29)30)12-22(27)18-8-9-19(21(26)13-18)17-5-3-2-4-6-17/h2-11,13-14,22H,12,27H2,1H3,(H,29,30). The Morgan fingerprint density at radius 1 is 1.10 bits per heavy atom. The lowest BCUT2D eigenvalue weighted by Gasteiger charge is -2.15. The fraction of sp³-hybridized carbons (Fsp3) is 0.120. The number of rotatable bonds is 5. The number of aryl methyl sites for hydroxylation is 1. The van der Waals surface area contributed by atoms with Crippen LogP contribution in [0.5, 0.6) is 0 Å². The molecule has 1 atom stereocenters. The van der Waals surface area contributed by atoms with Crippen molar-refractivity contribution in [1.82, 2.24) is 4.98 Å². The van der Waals surface area contributed by atoms with Gasteiger partial charge >= 0.3 is 5.97 Å². The average molecular weight is 400 g/mol. The summed E-state index contributed by atoms with van der Waals surface area (Å²) in [5.41, 5.74) is 10.7. The first-order chi connectivity index (χ1) is 14.4. The van der Waals surface area contributed by atoms with Gasteiger partial charge in [0.2, 0.25) is 0 Å². The summed E-state index contributed by atoms with van der Waals surface area (Å²) in [4.78, 5) is 16.0. The summed E-state index contributed by atoms with van der Waals surface area (Å²) in [5, 5.41) is 10.2. The Bertz CT molecular complexity index is 1240. The number of benzene rings is 3. The van der Waals surface area contributed by atoms with Crippen molar-refractivity contribution in [2.24, 2.45) is 5.73 Å². The first kappa shape index (κ1) is 19.7. The van der Waals surface area contributed by atoms with Gasteiger partial charge in [0.05, 0.1) is 11.1 Å². The zero-order valence-corrected chi connectivity index (χ0v) is 16.5. The highest BCUT2D eigenvalue weighted by atomic mass is 19.1. The molecule has 0 fully saturated rings. The second-order valence-corrected chi connectivity index (χ2v) is 7.39. The molecule has 30 heavy (non-hydrogen) atoms. The Morgan fingerprint density at radius 2 is 1.87 bits per heavy atom. The Kier molecular flexibility index (Phi) is 5.29. The molecule has 150 valence electrons. The van der Waals surface area contributed by atoms with E-state index in [2.05, 4.69) is 4.98 Å². The second kappa shape index (κ2) is 8.05. The van der Waals surface area contributed by atoms with Crippen molar-refractivity contribution in [2.45, 2.75) is 19.4 Å².